The van der Waals surface area contributed by atoms with Gasteiger partial charge >= 0.3 is 0 Å². The van der Waals surface area contributed by atoms with Crippen molar-refractivity contribution < 1.29 is 13.6 Å². The highest BCUT2D eigenvalue weighted by Crippen LogP contribution is 2.29. The molecule has 1 aliphatic heterocycles. The normalized spacial score (nSPS) is 17.8. The summed E-state index contributed by atoms with van der Waals surface area (Å²) in [7, 11) is 1.45. The molecule has 2 aromatic rings. The fourth-order valence-corrected chi connectivity index (χ4v) is 2.61. The standard InChI is InChI=1S/C16H11BrF2N2O/c1-21-13-7-6-11(18)8-12(13)14(20-15(19)16(21)22)9-2-4-10(17)5-3-9/h2-8,15H,1H3. The SMILES string of the molecule is CN1C(=O)C(F)N=C(c2ccc(Br)cc2)c2cc(F)ccc21. The molecule has 1 amide bonds. The smallest absolute Gasteiger partial charge is 0.284 e. The summed E-state index contributed by atoms with van der Waals surface area (Å²) in [6.07, 6.45) is -2.01. The monoisotopic (exact) mass is 364 g/mol. The number of anilines is 1. The molecular formula is C16H11BrF2N2O. The predicted octanol–water partition coefficient (Wildman–Crippen LogP) is 3.70. The Hall–Kier alpha value is -2.08. The molecule has 3 nitrogen and oxygen atoms in total. The second-order valence-corrected chi connectivity index (χ2v) is 5.79. The molecule has 0 saturated heterocycles. The van der Waals surface area contributed by atoms with Crippen LogP contribution in [0.1, 0.15) is 11.1 Å². The molecule has 3 rings (SSSR count). The number of rotatable bonds is 1. The summed E-state index contributed by atoms with van der Waals surface area (Å²) in [6.45, 7) is 0. The van der Waals surface area contributed by atoms with E-state index in [1.54, 1.807) is 24.3 Å². The summed E-state index contributed by atoms with van der Waals surface area (Å²) < 4.78 is 28.6. The van der Waals surface area contributed by atoms with Crippen LogP contribution in [0.4, 0.5) is 14.5 Å². The van der Waals surface area contributed by atoms with E-state index in [1.807, 2.05) is 0 Å². The highest BCUT2D eigenvalue weighted by molar-refractivity contribution is 9.10. The highest BCUT2D eigenvalue weighted by atomic mass is 79.9. The van der Waals surface area contributed by atoms with Crippen LogP contribution in [0.15, 0.2) is 51.9 Å². The van der Waals surface area contributed by atoms with Gasteiger partial charge in [-0.2, -0.15) is 0 Å². The fraction of sp³-hybridized carbons (Fsp3) is 0.125. The van der Waals surface area contributed by atoms with Crippen molar-refractivity contribution in [3.8, 4) is 0 Å². The van der Waals surface area contributed by atoms with Crippen LogP contribution in [0, 0.1) is 5.82 Å². The number of carbonyl (C=O) groups is 1. The van der Waals surface area contributed by atoms with Gasteiger partial charge in [-0.25, -0.2) is 13.8 Å². The van der Waals surface area contributed by atoms with Gasteiger partial charge in [0.15, 0.2) is 0 Å². The van der Waals surface area contributed by atoms with E-state index in [4.69, 9.17) is 0 Å². The Morgan fingerprint density at radius 3 is 2.55 bits per heavy atom. The Labute approximate surface area is 134 Å². The van der Waals surface area contributed by atoms with Gasteiger partial charge in [0, 0.05) is 22.6 Å². The minimum Gasteiger partial charge on any atom is -0.311 e. The van der Waals surface area contributed by atoms with Gasteiger partial charge in [0.2, 0.25) is 0 Å². The first kappa shape index (κ1) is 14.8. The number of carbonyl (C=O) groups excluding carboxylic acids is 1. The molecule has 0 bridgehead atoms. The number of fused-ring (bicyclic) bond motifs is 1. The summed E-state index contributed by atoms with van der Waals surface area (Å²) in [6, 6.07) is 11.0. The third-order valence-electron chi connectivity index (χ3n) is 3.47. The second kappa shape index (κ2) is 5.61. The lowest BCUT2D eigenvalue weighted by Crippen LogP contribution is -2.32. The number of hydrogen-bond acceptors (Lipinski definition) is 2. The van der Waals surface area contributed by atoms with E-state index in [2.05, 4.69) is 20.9 Å². The zero-order chi connectivity index (χ0) is 15.9. The van der Waals surface area contributed by atoms with Crippen molar-refractivity contribution in [2.45, 2.75) is 6.30 Å². The largest absolute Gasteiger partial charge is 0.311 e. The maximum Gasteiger partial charge on any atom is 0.284 e. The van der Waals surface area contributed by atoms with Crippen molar-refractivity contribution >= 4 is 33.2 Å². The van der Waals surface area contributed by atoms with Gasteiger partial charge in [-0.1, -0.05) is 28.1 Å². The van der Waals surface area contributed by atoms with Gasteiger partial charge in [0.25, 0.3) is 12.2 Å². The first-order valence-corrected chi connectivity index (χ1v) is 7.32. The van der Waals surface area contributed by atoms with Crippen molar-refractivity contribution in [3.05, 3.63) is 63.9 Å². The number of nitrogens with zero attached hydrogens (tertiary/aromatic N) is 2. The topological polar surface area (TPSA) is 32.7 Å². The van der Waals surface area contributed by atoms with Crippen molar-refractivity contribution in [1.82, 2.24) is 0 Å². The van der Waals surface area contributed by atoms with Crippen LogP contribution in [0.2, 0.25) is 0 Å². The highest BCUT2D eigenvalue weighted by Gasteiger charge is 2.29. The maximum atomic E-state index is 14.1. The number of likely N-dealkylation sites (N-methyl/N-ethyl adjacent to an activating group) is 1. The van der Waals surface area contributed by atoms with Crippen molar-refractivity contribution in [2.24, 2.45) is 4.99 Å². The third-order valence-corrected chi connectivity index (χ3v) is 4.00. The summed E-state index contributed by atoms with van der Waals surface area (Å²) in [5.41, 5.74) is 1.68. The Kier molecular flexibility index (Phi) is 3.78. The second-order valence-electron chi connectivity index (χ2n) is 4.88. The number of benzodiazepines with no additional fused rings is 1. The van der Waals surface area contributed by atoms with Crippen LogP contribution >= 0.6 is 15.9 Å². The first-order valence-electron chi connectivity index (χ1n) is 6.52. The van der Waals surface area contributed by atoms with E-state index in [1.165, 1.54) is 25.2 Å². The summed E-state index contributed by atoms with van der Waals surface area (Å²) in [5.74, 6) is -1.25. The minimum atomic E-state index is -2.01. The lowest BCUT2D eigenvalue weighted by atomic mass is 10.00. The van der Waals surface area contributed by atoms with Gasteiger partial charge in [-0.15, -0.1) is 0 Å². The van der Waals surface area contributed by atoms with Crippen molar-refractivity contribution in [1.29, 1.82) is 0 Å². The molecule has 1 heterocycles. The first-order chi connectivity index (χ1) is 10.5. The minimum absolute atomic E-state index is 0.257. The van der Waals surface area contributed by atoms with Crippen LogP contribution in [-0.4, -0.2) is 25.0 Å². The van der Waals surface area contributed by atoms with Crippen LogP contribution in [0.5, 0.6) is 0 Å². The lowest BCUT2D eigenvalue weighted by molar-refractivity contribution is -0.122. The predicted molar refractivity (Wildman–Crippen MR) is 84.5 cm³/mol. The number of hydrogen-bond donors (Lipinski definition) is 0. The molecule has 0 spiro atoms. The Morgan fingerprint density at radius 1 is 1.18 bits per heavy atom. The van der Waals surface area contributed by atoms with E-state index < -0.39 is 18.0 Å². The van der Waals surface area contributed by atoms with Gasteiger partial charge in [0.1, 0.15) is 5.82 Å². The van der Waals surface area contributed by atoms with Crippen LogP contribution in [0.25, 0.3) is 0 Å². The molecule has 1 unspecified atom stereocenters. The molecule has 1 atom stereocenters. The molecule has 22 heavy (non-hydrogen) atoms. The molecule has 2 aromatic carbocycles. The number of aliphatic imine (C=N–C) groups is 1. The van der Waals surface area contributed by atoms with Crippen LogP contribution in [0.3, 0.4) is 0 Å². The Balaban J connectivity index is 2.25. The molecule has 1 aliphatic rings. The molecule has 0 aromatic heterocycles. The van der Waals surface area contributed by atoms with Gasteiger partial charge in [-0.05, 0) is 30.3 Å². The molecule has 0 radical (unpaired) electrons. The van der Waals surface area contributed by atoms with Crippen molar-refractivity contribution in [3.63, 3.8) is 0 Å². The molecule has 6 heteroatoms. The van der Waals surface area contributed by atoms with Gasteiger partial charge in [-0.3, -0.25) is 4.79 Å². The number of benzene rings is 2. The molecule has 0 aliphatic carbocycles. The number of halogens is 3. The van der Waals surface area contributed by atoms with Gasteiger partial charge < -0.3 is 4.90 Å². The molecule has 112 valence electrons. The van der Waals surface area contributed by atoms with Gasteiger partial charge in [0.05, 0.1) is 11.4 Å². The zero-order valence-corrected chi connectivity index (χ0v) is 13.1. The maximum absolute atomic E-state index is 14.1. The number of alkyl halides is 1. The molecular weight excluding hydrogens is 354 g/mol. The number of amides is 1. The van der Waals surface area contributed by atoms with Crippen LogP contribution < -0.4 is 4.90 Å². The van der Waals surface area contributed by atoms with E-state index in [9.17, 15) is 13.6 Å². The van der Waals surface area contributed by atoms with E-state index in [0.717, 1.165) is 9.37 Å². The fourth-order valence-electron chi connectivity index (χ4n) is 2.34. The Bertz CT molecular complexity index is 774. The average molecular weight is 365 g/mol. The third kappa shape index (κ3) is 2.54. The zero-order valence-electron chi connectivity index (χ0n) is 11.6. The summed E-state index contributed by atoms with van der Waals surface area (Å²) in [4.78, 5) is 17.0. The van der Waals surface area contributed by atoms with Crippen molar-refractivity contribution in [2.75, 3.05) is 11.9 Å². The van der Waals surface area contributed by atoms with E-state index >= 15 is 0 Å². The molecule has 0 saturated carbocycles. The average Bonchev–Trinajstić information content (AvgIpc) is 2.59. The van der Waals surface area contributed by atoms with E-state index in [-0.39, 0.29) is 5.71 Å². The Morgan fingerprint density at radius 2 is 1.86 bits per heavy atom. The summed E-state index contributed by atoms with van der Waals surface area (Å²) in [5, 5.41) is 0. The molecule has 0 N–H and O–H groups in total. The quantitative estimate of drug-likeness (QED) is 0.710. The van der Waals surface area contributed by atoms with E-state index in [0.29, 0.717) is 16.8 Å². The lowest BCUT2D eigenvalue weighted by Gasteiger charge is -2.18. The summed E-state index contributed by atoms with van der Waals surface area (Å²) >= 11 is 3.32. The van der Waals surface area contributed by atoms with Crippen LogP contribution in [-0.2, 0) is 4.79 Å². The molecule has 0 fully saturated rings.